The molecule has 6 heteroatoms. The predicted octanol–water partition coefficient (Wildman–Crippen LogP) is 3.78. The van der Waals surface area contributed by atoms with Crippen LogP contribution in [0.4, 0.5) is 0 Å². The van der Waals surface area contributed by atoms with Gasteiger partial charge >= 0.3 is 5.97 Å². The molecule has 0 bridgehead atoms. The van der Waals surface area contributed by atoms with Gasteiger partial charge in [-0.2, -0.15) is 0 Å². The molecule has 1 amide bonds. The summed E-state index contributed by atoms with van der Waals surface area (Å²) in [4.78, 5) is 28.8. The molecule has 1 aromatic heterocycles. The molecule has 2 unspecified atom stereocenters. The molecule has 0 aliphatic carbocycles. The van der Waals surface area contributed by atoms with E-state index in [0.717, 1.165) is 20.8 Å². The molecular formula is C21H22N2O3S. The zero-order valence-electron chi connectivity index (χ0n) is 15.3. The van der Waals surface area contributed by atoms with E-state index in [4.69, 9.17) is 5.11 Å². The van der Waals surface area contributed by atoms with Crippen molar-refractivity contribution < 1.29 is 14.7 Å². The number of benzene rings is 2. The summed E-state index contributed by atoms with van der Waals surface area (Å²) in [5.74, 6) is -1.13. The monoisotopic (exact) mass is 382 g/mol. The molecule has 2 N–H and O–H groups in total. The number of carboxylic acid groups (broad SMARTS) is 1. The van der Waals surface area contributed by atoms with Crippen molar-refractivity contribution in [1.82, 2.24) is 10.3 Å². The van der Waals surface area contributed by atoms with Crippen LogP contribution >= 0.6 is 11.3 Å². The van der Waals surface area contributed by atoms with Crippen molar-refractivity contribution in [2.24, 2.45) is 0 Å². The number of nitrogens with one attached hydrogen (secondary N) is 1. The lowest BCUT2D eigenvalue weighted by molar-refractivity contribution is -0.137. The van der Waals surface area contributed by atoms with Crippen molar-refractivity contribution in [1.29, 1.82) is 0 Å². The minimum atomic E-state index is -0.935. The number of hydrogen-bond donors (Lipinski definition) is 2. The Hall–Kier alpha value is -2.73. The number of para-hydroxylation sites is 1. The van der Waals surface area contributed by atoms with Crippen LogP contribution in [0.2, 0.25) is 0 Å². The first-order chi connectivity index (χ1) is 12.9. The molecule has 0 spiro atoms. The highest BCUT2D eigenvalue weighted by molar-refractivity contribution is 7.18. The van der Waals surface area contributed by atoms with Gasteiger partial charge in [-0.3, -0.25) is 9.59 Å². The molecule has 3 rings (SSSR count). The van der Waals surface area contributed by atoms with Crippen LogP contribution in [0.5, 0.6) is 0 Å². The maximum absolute atomic E-state index is 13.1. The van der Waals surface area contributed by atoms with Crippen molar-refractivity contribution in [3.8, 4) is 0 Å². The lowest BCUT2D eigenvalue weighted by Crippen LogP contribution is -2.47. The summed E-state index contributed by atoms with van der Waals surface area (Å²) in [5.41, 5.74) is 0.957. The molecular weight excluding hydrogens is 360 g/mol. The summed E-state index contributed by atoms with van der Waals surface area (Å²) >= 11 is 1.58. The summed E-state index contributed by atoms with van der Waals surface area (Å²) in [5, 5.41) is 12.7. The molecule has 2 atom stereocenters. The van der Waals surface area contributed by atoms with Crippen LogP contribution in [0.1, 0.15) is 30.8 Å². The van der Waals surface area contributed by atoms with Crippen molar-refractivity contribution in [3.63, 3.8) is 0 Å². The molecule has 140 valence electrons. The first kappa shape index (κ1) is 19.0. The second-order valence-corrected chi connectivity index (χ2v) is 8.04. The number of amides is 1. The normalized spacial score (nSPS) is 14.4. The van der Waals surface area contributed by atoms with Crippen molar-refractivity contribution in [2.75, 3.05) is 0 Å². The van der Waals surface area contributed by atoms with E-state index in [9.17, 15) is 9.59 Å². The van der Waals surface area contributed by atoms with Crippen LogP contribution in [-0.4, -0.2) is 28.0 Å². The maximum atomic E-state index is 13.1. The summed E-state index contributed by atoms with van der Waals surface area (Å²) in [6.07, 6.45) is 0.333. The summed E-state index contributed by atoms with van der Waals surface area (Å²) in [6, 6.07) is 17.0. The lowest BCUT2D eigenvalue weighted by Gasteiger charge is -2.29. The van der Waals surface area contributed by atoms with E-state index in [2.05, 4.69) is 10.3 Å². The van der Waals surface area contributed by atoms with Gasteiger partial charge in [0.15, 0.2) is 0 Å². The Morgan fingerprint density at radius 1 is 1.15 bits per heavy atom. The van der Waals surface area contributed by atoms with Crippen LogP contribution in [0.3, 0.4) is 0 Å². The van der Waals surface area contributed by atoms with Crippen molar-refractivity contribution in [2.45, 2.75) is 38.1 Å². The zero-order valence-corrected chi connectivity index (χ0v) is 16.1. The minimum absolute atomic E-state index is 0.113. The fraction of sp³-hybridized carbons (Fsp3) is 0.286. The number of carboxylic acids is 1. The fourth-order valence-corrected chi connectivity index (χ4v) is 4.24. The van der Waals surface area contributed by atoms with E-state index >= 15 is 0 Å². The quantitative estimate of drug-likeness (QED) is 0.652. The lowest BCUT2D eigenvalue weighted by atomic mass is 9.78. The Morgan fingerprint density at radius 3 is 2.48 bits per heavy atom. The third-order valence-corrected chi connectivity index (χ3v) is 5.65. The van der Waals surface area contributed by atoms with E-state index in [1.807, 2.05) is 61.5 Å². The van der Waals surface area contributed by atoms with Crippen LogP contribution in [-0.2, 0) is 21.4 Å². The Labute approximate surface area is 162 Å². The first-order valence-electron chi connectivity index (χ1n) is 8.81. The second kappa shape index (κ2) is 7.88. The number of nitrogens with zero attached hydrogens (tertiary/aromatic N) is 1. The predicted molar refractivity (Wildman–Crippen MR) is 107 cm³/mol. The number of aromatic nitrogens is 1. The van der Waals surface area contributed by atoms with Crippen LogP contribution < -0.4 is 5.32 Å². The van der Waals surface area contributed by atoms with Gasteiger partial charge in [0.05, 0.1) is 27.1 Å². The largest absolute Gasteiger partial charge is 0.481 e. The van der Waals surface area contributed by atoms with Gasteiger partial charge in [-0.15, -0.1) is 11.3 Å². The number of rotatable bonds is 7. The molecule has 0 aliphatic rings. The van der Waals surface area contributed by atoms with Crippen LogP contribution in [0, 0.1) is 0 Å². The molecule has 27 heavy (non-hydrogen) atoms. The number of carbonyl (C=O) groups is 2. The van der Waals surface area contributed by atoms with Gasteiger partial charge in [-0.1, -0.05) is 42.5 Å². The minimum Gasteiger partial charge on any atom is -0.481 e. The molecule has 5 nitrogen and oxygen atoms in total. The molecule has 0 aliphatic heterocycles. The number of hydrogen-bond acceptors (Lipinski definition) is 4. The Kier molecular flexibility index (Phi) is 5.56. The zero-order chi connectivity index (χ0) is 19.4. The first-order valence-corrected chi connectivity index (χ1v) is 9.63. The van der Waals surface area contributed by atoms with Crippen LogP contribution in [0.15, 0.2) is 54.6 Å². The Morgan fingerprint density at radius 2 is 1.81 bits per heavy atom. The van der Waals surface area contributed by atoms with Gasteiger partial charge in [0.25, 0.3) is 0 Å². The molecule has 1 heterocycles. The summed E-state index contributed by atoms with van der Waals surface area (Å²) in [7, 11) is 0. The average molecular weight is 382 g/mol. The van der Waals surface area contributed by atoms with E-state index in [0.29, 0.717) is 6.42 Å². The van der Waals surface area contributed by atoms with Gasteiger partial charge in [-0.25, -0.2) is 4.98 Å². The molecule has 3 aromatic rings. The van der Waals surface area contributed by atoms with Gasteiger partial charge in [0, 0.05) is 12.5 Å². The summed E-state index contributed by atoms with van der Waals surface area (Å²) in [6.45, 7) is 3.59. The number of thiazole rings is 1. The van der Waals surface area contributed by atoms with Gasteiger partial charge in [0.1, 0.15) is 0 Å². The maximum Gasteiger partial charge on any atom is 0.305 e. The van der Waals surface area contributed by atoms with E-state index in [1.165, 1.54) is 0 Å². The summed E-state index contributed by atoms with van der Waals surface area (Å²) < 4.78 is 1.09. The van der Waals surface area contributed by atoms with Gasteiger partial charge in [-0.05, 0) is 31.5 Å². The molecule has 0 saturated heterocycles. The van der Waals surface area contributed by atoms with Crippen molar-refractivity contribution in [3.05, 3.63) is 65.2 Å². The standard InChI is InChI=1S/C21H22N2O3S/c1-14(12-19(24)25)22-20(26)21(2,15-8-4-3-5-9-15)13-18-23-16-10-6-7-11-17(16)27-18/h3-11,14H,12-13H2,1-2H3,(H,22,26)(H,24,25). The van der Waals surface area contributed by atoms with Gasteiger partial charge in [0.2, 0.25) is 5.91 Å². The SMILES string of the molecule is CC(CC(=O)O)NC(=O)C(C)(Cc1nc2ccccc2s1)c1ccccc1. The highest BCUT2D eigenvalue weighted by Crippen LogP contribution is 2.32. The number of carbonyl (C=O) groups excluding carboxylic acids is 1. The fourth-order valence-electron chi connectivity index (χ4n) is 3.11. The third-order valence-electron chi connectivity index (χ3n) is 4.61. The molecule has 0 saturated carbocycles. The Bertz CT molecular complexity index is 921. The molecule has 0 radical (unpaired) electrons. The third kappa shape index (κ3) is 4.34. The highest BCUT2D eigenvalue weighted by atomic mass is 32.1. The number of aliphatic carboxylic acids is 1. The van der Waals surface area contributed by atoms with E-state index in [1.54, 1.807) is 18.3 Å². The number of fused-ring (bicyclic) bond motifs is 1. The molecule has 2 aromatic carbocycles. The van der Waals surface area contributed by atoms with Gasteiger partial charge < -0.3 is 10.4 Å². The Balaban J connectivity index is 1.92. The topological polar surface area (TPSA) is 79.3 Å². The second-order valence-electron chi connectivity index (χ2n) is 6.92. The van der Waals surface area contributed by atoms with E-state index < -0.39 is 17.4 Å². The highest BCUT2D eigenvalue weighted by Gasteiger charge is 2.37. The van der Waals surface area contributed by atoms with Crippen molar-refractivity contribution >= 4 is 33.4 Å². The van der Waals surface area contributed by atoms with E-state index in [-0.39, 0.29) is 12.3 Å². The van der Waals surface area contributed by atoms with Crippen LogP contribution in [0.25, 0.3) is 10.2 Å². The molecule has 0 fully saturated rings. The average Bonchev–Trinajstić information content (AvgIpc) is 3.03. The smallest absolute Gasteiger partial charge is 0.305 e.